The first kappa shape index (κ1) is 12.4. The van der Waals surface area contributed by atoms with E-state index < -0.39 is 5.91 Å². The SMILES string of the molecule is Cc1nn(Cc2ccc(C(N)=O)cc2N)cc1Cl. The summed E-state index contributed by atoms with van der Waals surface area (Å²) < 4.78 is 1.70. The van der Waals surface area contributed by atoms with Gasteiger partial charge in [0.25, 0.3) is 0 Å². The fraction of sp³-hybridized carbons (Fsp3) is 0.167. The molecule has 0 atom stereocenters. The Morgan fingerprint density at radius 2 is 2.22 bits per heavy atom. The number of carbonyl (C=O) groups is 1. The van der Waals surface area contributed by atoms with Gasteiger partial charge < -0.3 is 11.5 Å². The van der Waals surface area contributed by atoms with Crippen molar-refractivity contribution in [3.63, 3.8) is 0 Å². The van der Waals surface area contributed by atoms with Gasteiger partial charge in [0.05, 0.1) is 17.3 Å². The molecule has 0 spiro atoms. The van der Waals surface area contributed by atoms with Gasteiger partial charge in [-0.3, -0.25) is 9.48 Å². The van der Waals surface area contributed by atoms with E-state index in [1.807, 2.05) is 6.92 Å². The van der Waals surface area contributed by atoms with Crippen LogP contribution in [0.4, 0.5) is 5.69 Å². The highest BCUT2D eigenvalue weighted by Crippen LogP contribution is 2.18. The molecule has 1 aromatic carbocycles. The molecule has 2 rings (SSSR count). The first-order valence-corrected chi connectivity index (χ1v) is 5.73. The second-order valence-corrected chi connectivity index (χ2v) is 4.45. The molecule has 0 aliphatic rings. The van der Waals surface area contributed by atoms with Crippen LogP contribution < -0.4 is 11.5 Å². The number of carbonyl (C=O) groups excluding carboxylic acids is 1. The number of rotatable bonds is 3. The molecule has 4 N–H and O–H groups in total. The standard InChI is InChI=1S/C12H13ClN4O/c1-7-10(13)6-17(16-7)5-9-3-2-8(12(15)18)4-11(9)14/h2-4,6H,5,14H2,1H3,(H2,15,18). The molecule has 0 aliphatic heterocycles. The molecule has 18 heavy (non-hydrogen) atoms. The van der Waals surface area contributed by atoms with E-state index in [0.29, 0.717) is 22.8 Å². The molecule has 6 heteroatoms. The van der Waals surface area contributed by atoms with Crippen molar-refractivity contribution in [2.75, 3.05) is 5.73 Å². The third-order valence-electron chi connectivity index (χ3n) is 2.65. The molecule has 0 unspecified atom stereocenters. The molecule has 0 fully saturated rings. The van der Waals surface area contributed by atoms with Gasteiger partial charge in [-0.1, -0.05) is 17.7 Å². The van der Waals surface area contributed by atoms with Crippen molar-refractivity contribution in [1.82, 2.24) is 9.78 Å². The molecule has 0 bridgehead atoms. The number of aromatic nitrogens is 2. The number of halogens is 1. The van der Waals surface area contributed by atoms with E-state index in [9.17, 15) is 4.79 Å². The highest BCUT2D eigenvalue weighted by Gasteiger charge is 2.07. The maximum atomic E-state index is 11.0. The molecule has 0 saturated heterocycles. The zero-order chi connectivity index (χ0) is 13.3. The van der Waals surface area contributed by atoms with Crippen LogP contribution in [0.25, 0.3) is 0 Å². The molecule has 5 nitrogen and oxygen atoms in total. The van der Waals surface area contributed by atoms with Crippen molar-refractivity contribution in [3.05, 3.63) is 46.2 Å². The van der Waals surface area contributed by atoms with Gasteiger partial charge in [-0.15, -0.1) is 0 Å². The largest absolute Gasteiger partial charge is 0.398 e. The molecule has 0 aliphatic carbocycles. The average Bonchev–Trinajstić information content (AvgIpc) is 2.61. The Hall–Kier alpha value is -2.01. The number of aryl methyl sites for hydroxylation is 1. The van der Waals surface area contributed by atoms with Crippen molar-refractivity contribution in [2.24, 2.45) is 5.73 Å². The van der Waals surface area contributed by atoms with Crippen LogP contribution in [0, 0.1) is 6.92 Å². The minimum atomic E-state index is -0.494. The Kier molecular flexibility index (Phi) is 3.25. The van der Waals surface area contributed by atoms with Gasteiger partial charge in [-0.2, -0.15) is 5.10 Å². The highest BCUT2D eigenvalue weighted by molar-refractivity contribution is 6.31. The number of anilines is 1. The van der Waals surface area contributed by atoms with Crippen LogP contribution in [0.3, 0.4) is 0 Å². The van der Waals surface area contributed by atoms with E-state index in [1.54, 1.807) is 29.1 Å². The Balaban J connectivity index is 2.27. The molecule has 94 valence electrons. The predicted molar refractivity (Wildman–Crippen MR) is 70.4 cm³/mol. The topological polar surface area (TPSA) is 86.9 Å². The summed E-state index contributed by atoms with van der Waals surface area (Å²) in [6.07, 6.45) is 1.73. The Morgan fingerprint density at radius 1 is 1.50 bits per heavy atom. The summed E-state index contributed by atoms with van der Waals surface area (Å²) in [7, 11) is 0. The molecule has 1 heterocycles. The molecular formula is C12H13ClN4O. The number of nitrogens with zero attached hydrogens (tertiary/aromatic N) is 2. The van der Waals surface area contributed by atoms with Crippen molar-refractivity contribution >= 4 is 23.2 Å². The summed E-state index contributed by atoms with van der Waals surface area (Å²) in [6, 6.07) is 4.97. The molecule has 0 saturated carbocycles. The minimum absolute atomic E-state index is 0.394. The van der Waals surface area contributed by atoms with Gasteiger partial charge in [0, 0.05) is 17.4 Å². The lowest BCUT2D eigenvalue weighted by Crippen LogP contribution is -2.12. The second kappa shape index (κ2) is 4.70. The summed E-state index contributed by atoms with van der Waals surface area (Å²) >= 11 is 5.93. The zero-order valence-electron chi connectivity index (χ0n) is 9.85. The average molecular weight is 265 g/mol. The van der Waals surface area contributed by atoms with Crippen LogP contribution in [0.2, 0.25) is 5.02 Å². The van der Waals surface area contributed by atoms with Crippen LogP contribution in [0.15, 0.2) is 24.4 Å². The lowest BCUT2D eigenvalue weighted by molar-refractivity contribution is 0.100. The second-order valence-electron chi connectivity index (χ2n) is 4.04. The third-order valence-corrected chi connectivity index (χ3v) is 3.02. The fourth-order valence-electron chi connectivity index (χ4n) is 1.64. The third kappa shape index (κ3) is 2.46. The molecule has 2 aromatic rings. The van der Waals surface area contributed by atoms with Crippen LogP contribution in [0.5, 0.6) is 0 Å². The molecule has 1 aromatic heterocycles. The Labute approximate surface area is 109 Å². The van der Waals surface area contributed by atoms with Crippen molar-refractivity contribution in [3.8, 4) is 0 Å². The van der Waals surface area contributed by atoms with Crippen LogP contribution in [-0.2, 0) is 6.54 Å². The smallest absolute Gasteiger partial charge is 0.248 e. The summed E-state index contributed by atoms with van der Waals surface area (Å²) in [5.41, 5.74) is 13.6. The number of hydrogen-bond acceptors (Lipinski definition) is 3. The minimum Gasteiger partial charge on any atom is -0.398 e. The number of hydrogen-bond donors (Lipinski definition) is 2. The number of primary amides is 1. The van der Waals surface area contributed by atoms with Crippen molar-refractivity contribution in [1.29, 1.82) is 0 Å². The maximum Gasteiger partial charge on any atom is 0.248 e. The van der Waals surface area contributed by atoms with Gasteiger partial charge in [0.15, 0.2) is 0 Å². The zero-order valence-corrected chi connectivity index (χ0v) is 10.6. The fourth-order valence-corrected chi connectivity index (χ4v) is 1.79. The summed E-state index contributed by atoms with van der Waals surface area (Å²) in [4.78, 5) is 11.0. The van der Waals surface area contributed by atoms with Gasteiger partial charge in [-0.25, -0.2) is 0 Å². The molecular weight excluding hydrogens is 252 g/mol. The maximum absolute atomic E-state index is 11.0. The number of nitrogens with two attached hydrogens (primary N) is 2. The summed E-state index contributed by atoms with van der Waals surface area (Å²) in [6.45, 7) is 2.33. The summed E-state index contributed by atoms with van der Waals surface area (Å²) in [5.74, 6) is -0.494. The Morgan fingerprint density at radius 3 is 2.72 bits per heavy atom. The number of nitrogen functional groups attached to an aromatic ring is 1. The first-order valence-electron chi connectivity index (χ1n) is 5.35. The summed E-state index contributed by atoms with van der Waals surface area (Å²) in [5, 5.41) is 4.85. The lowest BCUT2D eigenvalue weighted by atomic mass is 10.1. The molecule has 0 radical (unpaired) electrons. The van der Waals surface area contributed by atoms with E-state index in [4.69, 9.17) is 23.1 Å². The van der Waals surface area contributed by atoms with E-state index >= 15 is 0 Å². The quantitative estimate of drug-likeness (QED) is 0.825. The van der Waals surface area contributed by atoms with Crippen LogP contribution >= 0.6 is 11.6 Å². The van der Waals surface area contributed by atoms with E-state index in [-0.39, 0.29) is 0 Å². The predicted octanol–water partition coefficient (Wildman–Crippen LogP) is 1.57. The first-order chi connectivity index (χ1) is 8.47. The number of amides is 1. The van der Waals surface area contributed by atoms with E-state index in [0.717, 1.165) is 11.3 Å². The van der Waals surface area contributed by atoms with Crippen LogP contribution in [-0.4, -0.2) is 15.7 Å². The van der Waals surface area contributed by atoms with Crippen molar-refractivity contribution < 1.29 is 4.79 Å². The van der Waals surface area contributed by atoms with E-state index in [2.05, 4.69) is 5.10 Å². The van der Waals surface area contributed by atoms with Gasteiger partial charge in [-0.05, 0) is 24.6 Å². The van der Waals surface area contributed by atoms with Crippen molar-refractivity contribution in [2.45, 2.75) is 13.5 Å². The molecule has 1 amide bonds. The normalized spacial score (nSPS) is 10.6. The Bertz CT molecular complexity index is 587. The van der Waals surface area contributed by atoms with Gasteiger partial charge >= 0.3 is 0 Å². The van der Waals surface area contributed by atoms with Crippen LogP contribution in [0.1, 0.15) is 21.6 Å². The number of benzene rings is 1. The lowest BCUT2D eigenvalue weighted by Gasteiger charge is -2.07. The van der Waals surface area contributed by atoms with Gasteiger partial charge in [0.2, 0.25) is 5.91 Å². The van der Waals surface area contributed by atoms with E-state index in [1.165, 1.54) is 0 Å². The highest BCUT2D eigenvalue weighted by atomic mass is 35.5. The van der Waals surface area contributed by atoms with Gasteiger partial charge in [0.1, 0.15) is 0 Å². The monoisotopic (exact) mass is 264 g/mol.